The molecule has 3 aromatic rings. The minimum Gasteiger partial charge on any atom is -0.382 e. The fraction of sp³-hybridized carbons (Fsp3) is 0.379. The zero-order chi connectivity index (χ0) is 26.5. The van der Waals surface area contributed by atoms with Crippen molar-refractivity contribution >= 4 is 40.3 Å². The fourth-order valence-electron chi connectivity index (χ4n) is 5.35. The number of carbonyl (C=O) groups is 2. The lowest BCUT2D eigenvalue weighted by Crippen LogP contribution is -2.47. The molecule has 1 aromatic heterocycles. The van der Waals surface area contributed by atoms with E-state index in [0.29, 0.717) is 24.0 Å². The third-order valence-corrected chi connectivity index (χ3v) is 7.29. The maximum absolute atomic E-state index is 13.9. The van der Waals surface area contributed by atoms with Crippen LogP contribution in [-0.2, 0) is 4.79 Å². The second-order valence-electron chi connectivity index (χ2n) is 9.93. The first-order valence-corrected chi connectivity index (χ1v) is 13.1. The number of rotatable bonds is 7. The van der Waals surface area contributed by atoms with Crippen LogP contribution in [-0.4, -0.2) is 84.3 Å². The topological polar surface area (TPSA) is 89.9 Å². The Morgan fingerprint density at radius 2 is 1.89 bits per heavy atom. The Morgan fingerprint density at radius 3 is 2.66 bits per heavy atom. The second-order valence-corrected chi connectivity index (χ2v) is 9.93. The first kappa shape index (κ1) is 25.8. The summed E-state index contributed by atoms with van der Waals surface area (Å²) in [5.74, 6) is -0.239. The van der Waals surface area contributed by atoms with E-state index in [0.717, 1.165) is 42.7 Å². The molecule has 2 aromatic carbocycles. The zero-order valence-corrected chi connectivity index (χ0v) is 21.5. The van der Waals surface area contributed by atoms with Gasteiger partial charge >= 0.3 is 0 Å². The van der Waals surface area contributed by atoms with Crippen LogP contribution < -0.4 is 10.6 Å². The Hall–Kier alpha value is -3.85. The Balaban J connectivity index is 1.21. The molecule has 198 valence electrons. The van der Waals surface area contributed by atoms with Crippen molar-refractivity contribution in [3.63, 3.8) is 0 Å². The van der Waals surface area contributed by atoms with Gasteiger partial charge in [0, 0.05) is 61.8 Å². The van der Waals surface area contributed by atoms with E-state index in [9.17, 15) is 14.0 Å². The van der Waals surface area contributed by atoms with Crippen molar-refractivity contribution in [2.75, 3.05) is 43.9 Å². The largest absolute Gasteiger partial charge is 0.382 e. The highest BCUT2D eigenvalue weighted by Crippen LogP contribution is 2.28. The van der Waals surface area contributed by atoms with Gasteiger partial charge in [0.15, 0.2) is 0 Å². The van der Waals surface area contributed by atoms with Crippen LogP contribution >= 0.6 is 0 Å². The molecular formula is C29H33FN6O2. The van der Waals surface area contributed by atoms with E-state index in [1.165, 1.54) is 0 Å². The van der Waals surface area contributed by atoms with E-state index >= 15 is 0 Å². The molecule has 2 fully saturated rings. The number of aromatic nitrogens is 1. The predicted octanol–water partition coefficient (Wildman–Crippen LogP) is 4.00. The third-order valence-electron chi connectivity index (χ3n) is 7.29. The summed E-state index contributed by atoms with van der Waals surface area (Å²) in [4.78, 5) is 38.1. The molecular weight excluding hydrogens is 483 g/mol. The van der Waals surface area contributed by atoms with Gasteiger partial charge in [0.2, 0.25) is 5.91 Å². The molecule has 0 saturated carbocycles. The number of piperidine rings is 1. The number of amides is 2. The van der Waals surface area contributed by atoms with E-state index in [4.69, 9.17) is 0 Å². The van der Waals surface area contributed by atoms with Crippen molar-refractivity contribution < 1.29 is 14.0 Å². The van der Waals surface area contributed by atoms with Crippen molar-refractivity contribution in [1.29, 1.82) is 0 Å². The first-order chi connectivity index (χ1) is 18.5. The number of carbonyl (C=O) groups excluding carboxylic acids is 2. The molecule has 2 saturated heterocycles. The Kier molecular flexibility index (Phi) is 7.93. The highest BCUT2D eigenvalue weighted by atomic mass is 19.1. The quantitative estimate of drug-likeness (QED) is 0.464. The van der Waals surface area contributed by atoms with Gasteiger partial charge in [-0.2, -0.15) is 0 Å². The Bertz CT molecular complexity index is 1310. The average Bonchev–Trinajstić information content (AvgIpc) is 3.31. The minimum absolute atomic E-state index is 0.0390. The summed E-state index contributed by atoms with van der Waals surface area (Å²) in [7, 11) is 1.65. The predicted molar refractivity (Wildman–Crippen MR) is 149 cm³/mol. The summed E-state index contributed by atoms with van der Waals surface area (Å²) in [6.07, 6.45) is 4.45. The van der Waals surface area contributed by atoms with Crippen LogP contribution in [0.25, 0.3) is 10.9 Å². The van der Waals surface area contributed by atoms with Crippen LogP contribution in [0, 0.1) is 0 Å². The standard InChI is InChI=1S/C29H33FN6O2/c1-31-17-23-16-20(30)18-36(23)27(37)19-35-14-11-22(12-15-35)33-26-10-9-25(28-24(26)8-5-13-32-28)29(38)34-21-6-3-2-4-7-21/h2-10,13,17,20,22-23,33H,11-12,14-16,18-19H2,1H3,(H,34,38)/t20-,23-/m0/s1. The Morgan fingerprint density at radius 1 is 1.11 bits per heavy atom. The lowest BCUT2D eigenvalue weighted by atomic mass is 10.0. The molecule has 9 heteroatoms. The number of hydrogen-bond donors (Lipinski definition) is 2. The van der Waals surface area contributed by atoms with Crippen LogP contribution in [0.15, 0.2) is 65.8 Å². The number of fused-ring (bicyclic) bond motifs is 1. The third kappa shape index (κ3) is 5.83. The molecule has 0 unspecified atom stereocenters. The van der Waals surface area contributed by atoms with E-state index in [2.05, 4.69) is 25.5 Å². The summed E-state index contributed by atoms with van der Waals surface area (Å²) in [5.41, 5.74) is 2.84. The summed E-state index contributed by atoms with van der Waals surface area (Å²) >= 11 is 0. The monoisotopic (exact) mass is 516 g/mol. The van der Waals surface area contributed by atoms with Crippen LogP contribution in [0.2, 0.25) is 0 Å². The SMILES string of the molecule is CN=C[C@@H]1C[C@H](F)CN1C(=O)CN1CCC(Nc2ccc(C(=O)Nc3ccccc3)c3ncccc23)CC1. The second kappa shape index (κ2) is 11.7. The highest BCUT2D eigenvalue weighted by molar-refractivity contribution is 6.13. The Labute approximate surface area is 221 Å². The number of likely N-dealkylation sites (tertiary alicyclic amines) is 2. The van der Waals surface area contributed by atoms with E-state index in [1.54, 1.807) is 24.4 Å². The minimum atomic E-state index is -0.989. The molecule has 8 nitrogen and oxygen atoms in total. The van der Waals surface area contributed by atoms with Crippen LogP contribution in [0.3, 0.4) is 0 Å². The lowest BCUT2D eigenvalue weighted by Gasteiger charge is -2.34. The van der Waals surface area contributed by atoms with Gasteiger partial charge < -0.3 is 15.5 Å². The summed E-state index contributed by atoms with van der Waals surface area (Å²) in [6.45, 7) is 1.99. The number of para-hydroxylation sites is 1. The molecule has 0 bridgehead atoms. The van der Waals surface area contributed by atoms with Crippen LogP contribution in [0.4, 0.5) is 15.8 Å². The van der Waals surface area contributed by atoms with Crippen LogP contribution in [0.5, 0.6) is 0 Å². The average molecular weight is 517 g/mol. The van der Waals surface area contributed by atoms with E-state index in [-0.39, 0.29) is 30.4 Å². The number of aliphatic imine (C=N–C) groups is 1. The van der Waals surface area contributed by atoms with Crippen molar-refractivity contribution in [1.82, 2.24) is 14.8 Å². The maximum atomic E-state index is 13.9. The van der Waals surface area contributed by atoms with Crippen molar-refractivity contribution in [3.05, 3.63) is 66.4 Å². The van der Waals surface area contributed by atoms with Crippen molar-refractivity contribution in [2.45, 2.75) is 37.5 Å². The zero-order valence-electron chi connectivity index (χ0n) is 21.5. The molecule has 2 amide bonds. The number of halogens is 1. The van der Waals surface area contributed by atoms with Gasteiger partial charge in [0.1, 0.15) is 6.17 Å². The number of nitrogens with zero attached hydrogens (tertiary/aromatic N) is 4. The molecule has 5 rings (SSSR count). The van der Waals surface area contributed by atoms with Gasteiger partial charge in [-0.25, -0.2) is 4.39 Å². The summed E-state index contributed by atoms with van der Waals surface area (Å²) < 4.78 is 13.9. The summed E-state index contributed by atoms with van der Waals surface area (Å²) in [6, 6.07) is 16.9. The number of alkyl halides is 1. The van der Waals surface area contributed by atoms with Crippen molar-refractivity contribution in [2.24, 2.45) is 4.99 Å². The molecule has 0 spiro atoms. The molecule has 2 N–H and O–H groups in total. The number of hydrogen-bond acceptors (Lipinski definition) is 6. The van der Waals surface area contributed by atoms with Gasteiger partial charge in [-0.05, 0) is 49.2 Å². The number of anilines is 2. The molecule has 0 aliphatic carbocycles. The highest BCUT2D eigenvalue weighted by Gasteiger charge is 2.35. The van der Waals surface area contributed by atoms with Gasteiger partial charge in [0.05, 0.1) is 30.2 Å². The molecule has 2 atom stereocenters. The van der Waals surface area contributed by atoms with Crippen LogP contribution in [0.1, 0.15) is 29.6 Å². The lowest BCUT2D eigenvalue weighted by molar-refractivity contribution is -0.132. The van der Waals surface area contributed by atoms with Gasteiger partial charge in [0.25, 0.3) is 5.91 Å². The van der Waals surface area contributed by atoms with Gasteiger partial charge in [-0.1, -0.05) is 18.2 Å². The fourth-order valence-corrected chi connectivity index (χ4v) is 5.35. The number of benzene rings is 2. The van der Waals surface area contributed by atoms with E-state index < -0.39 is 6.17 Å². The van der Waals surface area contributed by atoms with Gasteiger partial charge in [-0.15, -0.1) is 0 Å². The molecule has 3 heterocycles. The smallest absolute Gasteiger partial charge is 0.257 e. The first-order valence-electron chi connectivity index (χ1n) is 13.1. The molecule has 0 radical (unpaired) electrons. The molecule has 38 heavy (non-hydrogen) atoms. The molecule has 2 aliphatic rings. The summed E-state index contributed by atoms with van der Waals surface area (Å²) in [5, 5.41) is 7.47. The molecule has 2 aliphatic heterocycles. The number of pyridine rings is 1. The normalized spacial score (nSPS) is 20.7. The van der Waals surface area contributed by atoms with E-state index in [1.807, 2.05) is 54.6 Å². The van der Waals surface area contributed by atoms with Crippen molar-refractivity contribution in [3.8, 4) is 0 Å². The number of nitrogens with one attached hydrogen (secondary N) is 2. The maximum Gasteiger partial charge on any atom is 0.257 e. The van der Waals surface area contributed by atoms with Gasteiger partial charge in [-0.3, -0.25) is 24.5 Å².